The van der Waals surface area contributed by atoms with Gasteiger partial charge in [-0.1, -0.05) is 50.2 Å². The molecule has 0 fully saturated rings. The minimum absolute atomic E-state index is 0.0997. The van der Waals surface area contributed by atoms with E-state index in [0.29, 0.717) is 23.9 Å². The third-order valence-corrected chi connectivity index (χ3v) is 6.05. The van der Waals surface area contributed by atoms with Gasteiger partial charge < -0.3 is 5.32 Å². The standard InChI is InChI=1S/C21H25N3O3S/c1-15(2)17-9-7-16(8-10-17)11-13-22-20(25)12-14-23-21-18-5-3-4-6-19(18)28(26,27)24-21/h3-10,15H,11-14H2,1-2H3,(H,22,25)(H,23,24). The maximum atomic E-state index is 12.0. The zero-order chi connectivity index (χ0) is 20.1. The molecule has 0 saturated heterocycles. The van der Waals surface area contributed by atoms with Crippen LogP contribution in [0.15, 0.2) is 58.4 Å². The number of hydrogen-bond acceptors (Lipinski definition) is 4. The molecule has 2 N–H and O–H groups in total. The van der Waals surface area contributed by atoms with Crippen molar-refractivity contribution < 1.29 is 13.2 Å². The number of amidine groups is 1. The summed E-state index contributed by atoms with van der Waals surface area (Å²) >= 11 is 0. The zero-order valence-electron chi connectivity index (χ0n) is 16.1. The molecule has 0 saturated carbocycles. The second-order valence-corrected chi connectivity index (χ2v) is 8.73. The number of nitrogens with one attached hydrogen (secondary N) is 2. The van der Waals surface area contributed by atoms with Crippen LogP contribution in [-0.4, -0.2) is 33.3 Å². The van der Waals surface area contributed by atoms with Crippen LogP contribution in [0, 0.1) is 0 Å². The van der Waals surface area contributed by atoms with E-state index in [2.05, 4.69) is 53.1 Å². The number of carbonyl (C=O) groups excluding carboxylic acids is 1. The molecule has 1 heterocycles. The first-order valence-electron chi connectivity index (χ1n) is 9.39. The summed E-state index contributed by atoms with van der Waals surface area (Å²) in [4.78, 5) is 16.5. The van der Waals surface area contributed by atoms with Crippen molar-refractivity contribution in [1.29, 1.82) is 0 Å². The van der Waals surface area contributed by atoms with Gasteiger partial charge in [0.25, 0.3) is 10.0 Å². The lowest BCUT2D eigenvalue weighted by atomic mass is 10.0. The van der Waals surface area contributed by atoms with Gasteiger partial charge in [0, 0.05) is 18.5 Å². The Balaban J connectivity index is 1.46. The Bertz CT molecular complexity index is 980. The van der Waals surface area contributed by atoms with Gasteiger partial charge in [0.1, 0.15) is 5.84 Å². The number of amides is 1. The Morgan fingerprint density at radius 3 is 2.54 bits per heavy atom. The summed E-state index contributed by atoms with van der Waals surface area (Å²) < 4.78 is 26.5. The molecule has 0 bridgehead atoms. The second-order valence-electron chi connectivity index (χ2n) is 7.08. The summed E-state index contributed by atoms with van der Waals surface area (Å²) in [6.07, 6.45) is 0.978. The third kappa shape index (κ3) is 4.78. The number of nitrogens with zero attached hydrogens (tertiary/aromatic N) is 1. The SMILES string of the molecule is CC(C)c1ccc(CCNC(=O)CCN=C2NS(=O)(=O)c3ccccc32)cc1. The molecule has 28 heavy (non-hydrogen) atoms. The fourth-order valence-electron chi connectivity index (χ4n) is 3.02. The lowest BCUT2D eigenvalue weighted by molar-refractivity contribution is -0.120. The average molecular weight is 400 g/mol. The van der Waals surface area contributed by atoms with Crippen LogP contribution in [0.1, 0.15) is 42.9 Å². The van der Waals surface area contributed by atoms with Crippen LogP contribution in [0.2, 0.25) is 0 Å². The molecule has 148 valence electrons. The zero-order valence-corrected chi connectivity index (χ0v) is 16.9. The van der Waals surface area contributed by atoms with Gasteiger partial charge in [-0.05, 0) is 35.6 Å². The van der Waals surface area contributed by atoms with E-state index in [-0.39, 0.29) is 23.8 Å². The van der Waals surface area contributed by atoms with Crippen molar-refractivity contribution in [2.24, 2.45) is 4.99 Å². The van der Waals surface area contributed by atoms with E-state index in [9.17, 15) is 13.2 Å². The van der Waals surface area contributed by atoms with Crippen LogP contribution < -0.4 is 10.0 Å². The first-order valence-corrected chi connectivity index (χ1v) is 10.9. The molecule has 7 heteroatoms. The molecule has 0 aliphatic carbocycles. The normalized spacial score (nSPS) is 16.0. The van der Waals surface area contributed by atoms with Crippen molar-refractivity contribution in [3.8, 4) is 0 Å². The number of benzene rings is 2. The third-order valence-electron chi connectivity index (χ3n) is 4.65. The molecule has 1 amide bonds. The predicted molar refractivity (Wildman–Crippen MR) is 110 cm³/mol. The van der Waals surface area contributed by atoms with Crippen molar-refractivity contribution >= 4 is 21.8 Å². The van der Waals surface area contributed by atoms with Gasteiger partial charge in [-0.3, -0.25) is 14.5 Å². The topological polar surface area (TPSA) is 87.6 Å². The molecule has 0 aromatic heterocycles. The van der Waals surface area contributed by atoms with E-state index >= 15 is 0 Å². The van der Waals surface area contributed by atoms with E-state index in [0.717, 1.165) is 6.42 Å². The van der Waals surface area contributed by atoms with Gasteiger partial charge in [0.15, 0.2) is 0 Å². The van der Waals surface area contributed by atoms with Crippen LogP contribution in [0.25, 0.3) is 0 Å². The molecule has 0 atom stereocenters. The molecule has 6 nitrogen and oxygen atoms in total. The largest absolute Gasteiger partial charge is 0.356 e. The Morgan fingerprint density at radius 1 is 1.11 bits per heavy atom. The molecule has 2 aromatic rings. The van der Waals surface area contributed by atoms with Crippen LogP contribution >= 0.6 is 0 Å². The van der Waals surface area contributed by atoms with E-state index in [1.807, 2.05) is 0 Å². The number of carbonyl (C=O) groups is 1. The van der Waals surface area contributed by atoms with Crippen LogP contribution in [0.4, 0.5) is 0 Å². The van der Waals surface area contributed by atoms with E-state index in [1.54, 1.807) is 24.3 Å². The Morgan fingerprint density at radius 2 is 1.82 bits per heavy atom. The fraction of sp³-hybridized carbons (Fsp3) is 0.333. The second kappa shape index (κ2) is 8.56. The number of sulfonamides is 1. The first kappa shape index (κ1) is 20.1. The highest BCUT2D eigenvalue weighted by atomic mass is 32.2. The summed E-state index contributed by atoms with van der Waals surface area (Å²) in [5, 5.41) is 2.88. The Kier molecular flexibility index (Phi) is 6.14. The lowest BCUT2D eigenvalue weighted by Crippen LogP contribution is -2.27. The van der Waals surface area contributed by atoms with Crippen LogP contribution in [0.5, 0.6) is 0 Å². The molecule has 1 aliphatic rings. The average Bonchev–Trinajstić information content (AvgIpc) is 2.93. The minimum Gasteiger partial charge on any atom is -0.356 e. The molecule has 0 unspecified atom stereocenters. The van der Waals surface area contributed by atoms with Gasteiger partial charge >= 0.3 is 0 Å². The molecule has 0 radical (unpaired) electrons. The quantitative estimate of drug-likeness (QED) is 0.750. The van der Waals surface area contributed by atoms with Crippen molar-refractivity contribution in [1.82, 2.24) is 10.0 Å². The van der Waals surface area contributed by atoms with E-state index < -0.39 is 10.0 Å². The first-order chi connectivity index (χ1) is 13.4. The van der Waals surface area contributed by atoms with Gasteiger partial charge in [-0.25, -0.2) is 8.42 Å². The number of aliphatic imine (C=N–C) groups is 1. The van der Waals surface area contributed by atoms with E-state index in [4.69, 9.17) is 0 Å². The fourth-order valence-corrected chi connectivity index (χ4v) is 4.28. The Hall–Kier alpha value is -2.67. The highest BCUT2D eigenvalue weighted by Crippen LogP contribution is 2.22. The van der Waals surface area contributed by atoms with Crippen LogP contribution in [-0.2, 0) is 21.2 Å². The van der Waals surface area contributed by atoms with Crippen molar-refractivity contribution in [2.75, 3.05) is 13.1 Å². The predicted octanol–water partition coefficient (Wildman–Crippen LogP) is 2.60. The minimum atomic E-state index is -3.54. The summed E-state index contributed by atoms with van der Waals surface area (Å²) in [7, 11) is -3.54. The van der Waals surface area contributed by atoms with Crippen molar-refractivity contribution in [3.05, 3.63) is 65.2 Å². The molecule has 3 rings (SSSR count). The summed E-state index contributed by atoms with van der Waals surface area (Å²) in [5.41, 5.74) is 3.03. The smallest absolute Gasteiger partial charge is 0.263 e. The molecule has 1 aliphatic heterocycles. The van der Waals surface area contributed by atoms with Crippen LogP contribution in [0.3, 0.4) is 0 Å². The van der Waals surface area contributed by atoms with Gasteiger partial charge in [0.2, 0.25) is 5.91 Å². The van der Waals surface area contributed by atoms with Gasteiger partial charge in [-0.15, -0.1) is 0 Å². The number of hydrogen-bond donors (Lipinski definition) is 2. The summed E-state index contributed by atoms with van der Waals surface area (Å²) in [6.45, 7) is 5.11. The lowest BCUT2D eigenvalue weighted by Gasteiger charge is -2.08. The maximum Gasteiger partial charge on any atom is 0.263 e. The number of fused-ring (bicyclic) bond motifs is 1. The Labute approximate surface area is 166 Å². The molecular formula is C21H25N3O3S. The van der Waals surface area contributed by atoms with Gasteiger partial charge in [-0.2, -0.15) is 0 Å². The molecule has 2 aromatic carbocycles. The molecule has 0 spiro atoms. The van der Waals surface area contributed by atoms with Gasteiger partial charge in [0.05, 0.1) is 11.4 Å². The van der Waals surface area contributed by atoms with Crippen molar-refractivity contribution in [2.45, 2.75) is 37.5 Å². The maximum absolute atomic E-state index is 12.0. The monoisotopic (exact) mass is 399 g/mol. The highest BCUT2D eigenvalue weighted by molar-refractivity contribution is 7.90. The molecular weight excluding hydrogens is 374 g/mol. The number of rotatable bonds is 7. The van der Waals surface area contributed by atoms with E-state index in [1.165, 1.54) is 11.1 Å². The summed E-state index contributed by atoms with van der Waals surface area (Å²) in [5.74, 6) is 0.706. The van der Waals surface area contributed by atoms with Crippen molar-refractivity contribution in [3.63, 3.8) is 0 Å². The highest BCUT2D eigenvalue weighted by Gasteiger charge is 2.29. The summed E-state index contributed by atoms with van der Waals surface area (Å²) in [6, 6.07) is 15.1.